The maximum absolute atomic E-state index is 12.9. The van der Waals surface area contributed by atoms with Crippen molar-refractivity contribution >= 4 is 5.91 Å². The van der Waals surface area contributed by atoms with Gasteiger partial charge in [-0.1, -0.05) is 6.07 Å². The van der Waals surface area contributed by atoms with Gasteiger partial charge >= 0.3 is 6.18 Å². The predicted octanol–water partition coefficient (Wildman–Crippen LogP) is 2.63. The smallest absolute Gasteiger partial charge is 0.333 e. The van der Waals surface area contributed by atoms with Crippen molar-refractivity contribution in [3.8, 4) is 5.69 Å². The molecule has 3 rings (SSSR count). The molecule has 0 bridgehead atoms. The Morgan fingerprint density at radius 3 is 2.80 bits per heavy atom. The van der Waals surface area contributed by atoms with Crippen molar-refractivity contribution in [2.75, 3.05) is 19.6 Å². The Kier molecular flexibility index (Phi) is 4.55. The van der Waals surface area contributed by atoms with Crippen molar-refractivity contribution in [3.05, 3.63) is 47.3 Å². The molecular weight excluding hydrogens is 333 g/mol. The third-order valence-electron chi connectivity index (χ3n) is 4.42. The van der Waals surface area contributed by atoms with Crippen LogP contribution in [0.1, 0.15) is 28.5 Å². The summed E-state index contributed by atoms with van der Waals surface area (Å²) >= 11 is 0. The van der Waals surface area contributed by atoms with Crippen molar-refractivity contribution in [3.63, 3.8) is 0 Å². The molecule has 0 aliphatic carbocycles. The molecular formula is C17H19F3N4O. The summed E-state index contributed by atoms with van der Waals surface area (Å²) in [6, 6.07) is 4.96. The highest BCUT2D eigenvalue weighted by Gasteiger charge is 2.31. The molecule has 2 heterocycles. The van der Waals surface area contributed by atoms with Crippen LogP contribution >= 0.6 is 0 Å². The Morgan fingerprint density at radius 2 is 2.12 bits per heavy atom. The van der Waals surface area contributed by atoms with E-state index < -0.39 is 11.7 Å². The number of halogens is 3. The Labute approximate surface area is 143 Å². The lowest BCUT2D eigenvalue weighted by Crippen LogP contribution is -2.52. The van der Waals surface area contributed by atoms with E-state index in [0.29, 0.717) is 24.3 Å². The molecule has 1 amide bonds. The minimum atomic E-state index is -4.42. The molecule has 1 aromatic carbocycles. The monoisotopic (exact) mass is 352 g/mol. The number of amides is 1. The van der Waals surface area contributed by atoms with Gasteiger partial charge in [-0.15, -0.1) is 0 Å². The average Bonchev–Trinajstić information content (AvgIpc) is 2.95. The van der Waals surface area contributed by atoms with Gasteiger partial charge in [0.15, 0.2) is 0 Å². The van der Waals surface area contributed by atoms with Crippen LogP contribution in [0.15, 0.2) is 30.5 Å². The fraction of sp³-hybridized carbons (Fsp3) is 0.412. The van der Waals surface area contributed by atoms with Crippen LogP contribution < -0.4 is 5.32 Å². The lowest BCUT2D eigenvalue weighted by Gasteiger charge is -2.33. The van der Waals surface area contributed by atoms with Crippen LogP contribution in [0.3, 0.4) is 0 Å². The molecule has 25 heavy (non-hydrogen) atoms. The molecule has 0 unspecified atom stereocenters. The number of benzene rings is 1. The fourth-order valence-corrected chi connectivity index (χ4v) is 2.99. The van der Waals surface area contributed by atoms with Gasteiger partial charge in [-0.05, 0) is 32.0 Å². The quantitative estimate of drug-likeness (QED) is 0.904. The number of alkyl halides is 3. The molecule has 5 nitrogen and oxygen atoms in total. The van der Waals surface area contributed by atoms with Crippen molar-refractivity contribution < 1.29 is 18.0 Å². The lowest BCUT2D eigenvalue weighted by atomic mass is 10.1. The van der Waals surface area contributed by atoms with Crippen molar-refractivity contribution in [1.29, 1.82) is 0 Å². The molecule has 134 valence electrons. The highest BCUT2D eigenvalue weighted by atomic mass is 19.4. The highest BCUT2D eigenvalue weighted by molar-refractivity contribution is 5.95. The van der Waals surface area contributed by atoms with Crippen LogP contribution in [0, 0.1) is 6.92 Å². The van der Waals surface area contributed by atoms with E-state index in [1.165, 1.54) is 23.0 Å². The molecule has 0 spiro atoms. The normalized spacial score (nSPS) is 18.4. The zero-order chi connectivity index (χ0) is 18.2. The van der Waals surface area contributed by atoms with Crippen LogP contribution in [0.5, 0.6) is 0 Å². The molecule has 1 aromatic heterocycles. The van der Waals surface area contributed by atoms with Crippen LogP contribution in [0.2, 0.25) is 0 Å². The van der Waals surface area contributed by atoms with E-state index in [1.54, 1.807) is 11.8 Å². The van der Waals surface area contributed by atoms with E-state index >= 15 is 0 Å². The number of carbonyl (C=O) groups excluding carboxylic acids is 1. The number of piperazine rings is 1. The van der Waals surface area contributed by atoms with Gasteiger partial charge < -0.3 is 10.2 Å². The highest BCUT2D eigenvalue weighted by Crippen LogP contribution is 2.30. The summed E-state index contributed by atoms with van der Waals surface area (Å²) in [5.74, 6) is -0.148. The third-order valence-corrected chi connectivity index (χ3v) is 4.42. The number of hydrogen-bond acceptors (Lipinski definition) is 3. The van der Waals surface area contributed by atoms with Gasteiger partial charge in [-0.3, -0.25) is 4.79 Å². The van der Waals surface area contributed by atoms with E-state index in [-0.39, 0.29) is 17.6 Å². The number of rotatable bonds is 2. The Morgan fingerprint density at radius 1 is 1.36 bits per heavy atom. The lowest BCUT2D eigenvalue weighted by molar-refractivity contribution is -0.137. The zero-order valence-electron chi connectivity index (χ0n) is 14.0. The zero-order valence-corrected chi connectivity index (χ0v) is 14.0. The second-order valence-electron chi connectivity index (χ2n) is 6.16. The second-order valence-corrected chi connectivity index (χ2v) is 6.16. The molecule has 1 N–H and O–H groups in total. The van der Waals surface area contributed by atoms with E-state index in [2.05, 4.69) is 10.4 Å². The summed E-state index contributed by atoms with van der Waals surface area (Å²) in [6.07, 6.45) is -3.00. The topological polar surface area (TPSA) is 50.2 Å². The number of hydrogen-bond donors (Lipinski definition) is 1. The van der Waals surface area contributed by atoms with Gasteiger partial charge in [0.1, 0.15) is 0 Å². The first kappa shape index (κ1) is 17.5. The molecule has 2 aromatic rings. The maximum Gasteiger partial charge on any atom is 0.416 e. The van der Waals surface area contributed by atoms with Gasteiger partial charge in [0, 0.05) is 25.7 Å². The second kappa shape index (κ2) is 6.51. The number of aromatic nitrogens is 2. The molecule has 1 aliphatic rings. The van der Waals surface area contributed by atoms with Crippen molar-refractivity contribution in [2.45, 2.75) is 26.1 Å². The van der Waals surface area contributed by atoms with E-state index in [0.717, 1.165) is 18.7 Å². The van der Waals surface area contributed by atoms with Gasteiger partial charge in [0.2, 0.25) is 0 Å². The number of nitrogens with zero attached hydrogens (tertiary/aromatic N) is 3. The minimum Gasteiger partial charge on any atom is -0.333 e. The summed E-state index contributed by atoms with van der Waals surface area (Å²) in [5, 5.41) is 7.35. The third kappa shape index (κ3) is 3.39. The minimum absolute atomic E-state index is 0.0533. The standard InChI is InChI=1S/C17H19F3N4O/c1-11-9-21-6-7-23(11)16(25)15-10-22-24(12(15)2)14-5-3-4-13(8-14)17(18,19)20/h3-5,8,10-11,21H,6-7,9H2,1-2H3/t11-/m0/s1. The summed E-state index contributed by atoms with van der Waals surface area (Å²) in [6.45, 7) is 5.67. The summed E-state index contributed by atoms with van der Waals surface area (Å²) in [4.78, 5) is 14.5. The Balaban J connectivity index is 1.93. The van der Waals surface area contributed by atoms with E-state index in [9.17, 15) is 18.0 Å². The van der Waals surface area contributed by atoms with Gasteiger partial charge in [0.05, 0.1) is 28.7 Å². The first-order valence-electron chi connectivity index (χ1n) is 8.03. The van der Waals surface area contributed by atoms with Gasteiger partial charge in [0.25, 0.3) is 5.91 Å². The number of nitrogens with one attached hydrogen (secondary N) is 1. The predicted molar refractivity (Wildman–Crippen MR) is 86.7 cm³/mol. The SMILES string of the molecule is Cc1c(C(=O)N2CCNC[C@@H]2C)cnn1-c1cccc(C(F)(F)F)c1. The first-order chi connectivity index (χ1) is 11.8. The number of carbonyl (C=O) groups is 1. The molecule has 0 radical (unpaired) electrons. The summed E-state index contributed by atoms with van der Waals surface area (Å²) in [5.41, 5.74) is 0.462. The Hall–Kier alpha value is -2.35. The average molecular weight is 352 g/mol. The molecule has 0 saturated carbocycles. The molecule has 1 saturated heterocycles. The summed E-state index contributed by atoms with van der Waals surface area (Å²) < 4.78 is 40.1. The van der Waals surface area contributed by atoms with Gasteiger partial charge in [-0.25, -0.2) is 4.68 Å². The van der Waals surface area contributed by atoms with Crippen LogP contribution in [-0.2, 0) is 6.18 Å². The fourth-order valence-electron chi connectivity index (χ4n) is 2.99. The largest absolute Gasteiger partial charge is 0.416 e. The molecule has 1 aliphatic heterocycles. The molecule has 8 heteroatoms. The molecule has 1 fully saturated rings. The van der Waals surface area contributed by atoms with Gasteiger partial charge in [-0.2, -0.15) is 18.3 Å². The van der Waals surface area contributed by atoms with Crippen molar-refractivity contribution in [1.82, 2.24) is 20.0 Å². The van der Waals surface area contributed by atoms with E-state index in [1.807, 2.05) is 6.92 Å². The van der Waals surface area contributed by atoms with E-state index in [4.69, 9.17) is 0 Å². The van der Waals surface area contributed by atoms with Crippen LogP contribution in [-0.4, -0.2) is 46.3 Å². The van der Waals surface area contributed by atoms with Crippen molar-refractivity contribution in [2.24, 2.45) is 0 Å². The maximum atomic E-state index is 12.9. The molecule has 1 atom stereocenters. The van der Waals surface area contributed by atoms with Crippen LogP contribution in [0.4, 0.5) is 13.2 Å². The van der Waals surface area contributed by atoms with Crippen LogP contribution in [0.25, 0.3) is 5.69 Å². The first-order valence-corrected chi connectivity index (χ1v) is 8.03. The summed E-state index contributed by atoms with van der Waals surface area (Å²) in [7, 11) is 0. The Bertz CT molecular complexity index is 784.